The van der Waals surface area contributed by atoms with E-state index in [9.17, 15) is 13.6 Å². The normalized spacial score (nSPS) is 10.2. The van der Waals surface area contributed by atoms with E-state index in [0.717, 1.165) is 12.1 Å². The smallest absolute Gasteiger partial charge is 0.228 e. The molecular formula is C14H12F2N2O. The molecule has 0 aliphatic rings. The van der Waals surface area contributed by atoms with Gasteiger partial charge in [-0.15, -0.1) is 0 Å². The van der Waals surface area contributed by atoms with E-state index >= 15 is 0 Å². The highest BCUT2D eigenvalue weighted by molar-refractivity contribution is 5.95. The number of amides is 1. The molecule has 0 fully saturated rings. The summed E-state index contributed by atoms with van der Waals surface area (Å²) in [6.45, 7) is 0. The van der Waals surface area contributed by atoms with E-state index in [1.807, 2.05) is 0 Å². The Bertz CT molecular complexity index is 614. The molecule has 0 radical (unpaired) electrons. The molecule has 0 aliphatic carbocycles. The van der Waals surface area contributed by atoms with Crippen LogP contribution in [0.2, 0.25) is 0 Å². The third-order valence-corrected chi connectivity index (χ3v) is 2.60. The lowest BCUT2D eigenvalue weighted by Crippen LogP contribution is -2.16. The first kappa shape index (κ1) is 13.0. The van der Waals surface area contributed by atoms with Crippen molar-refractivity contribution in [3.8, 4) is 0 Å². The Labute approximate surface area is 109 Å². The predicted octanol–water partition coefficient (Wildman–Crippen LogP) is 2.73. The van der Waals surface area contributed by atoms with Crippen molar-refractivity contribution >= 4 is 17.3 Å². The zero-order valence-corrected chi connectivity index (χ0v) is 9.99. The molecule has 2 aromatic carbocycles. The van der Waals surface area contributed by atoms with Crippen molar-refractivity contribution in [2.45, 2.75) is 6.42 Å². The molecule has 0 aliphatic heterocycles. The summed E-state index contributed by atoms with van der Waals surface area (Å²) < 4.78 is 26.1. The molecule has 0 saturated carbocycles. The summed E-state index contributed by atoms with van der Waals surface area (Å²) in [5.41, 5.74) is 6.70. The quantitative estimate of drug-likeness (QED) is 0.836. The zero-order chi connectivity index (χ0) is 13.8. The number of para-hydroxylation sites is 2. The van der Waals surface area contributed by atoms with Crippen molar-refractivity contribution in [2.24, 2.45) is 0 Å². The van der Waals surface area contributed by atoms with E-state index in [2.05, 4.69) is 5.32 Å². The van der Waals surface area contributed by atoms with Crippen LogP contribution in [0.4, 0.5) is 20.2 Å². The van der Waals surface area contributed by atoms with Gasteiger partial charge in [-0.3, -0.25) is 4.79 Å². The Morgan fingerprint density at radius 1 is 1.16 bits per heavy atom. The Morgan fingerprint density at radius 2 is 1.89 bits per heavy atom. The molecule has 3 N–H and O–H groups in total. The number of nitrogens with two attached hydrogens (primary N) is 1. The van der Waals surface area contributed by atoms with Crippen molar-refractivity contribution < 1.29 is 13.6 Å². The van der Waals surface area contributed by atoms with Crippen molar-refractivity contribution in [3.63, 3.8) is 0 Å². The predicted molar refractivity (Wildman–Crippen MR) is 69.5 cm³/mol. The Kier molecular flexibility index (Phi) is 3.75. The van der Waals surface area contributed by atoms with Crippen LogP contribution in [0, 0.1) is 11.6 Å². The lowest BCUT2D eigenvalue weighted by molar-refractivity contribution is -0.115. The molecule has 1 amide bonds. The van der Waals surface area contributed by atoms with Crippen LogP contribution in [0.3, 0.4) is 0 Å². The fourth-order valence-corrected chi connectivity index (χ4v) is 1.64. The maximum atomic E-state index is 13.4. The molecule has 2 aromatic rings. The summed E-state index contributed by atoms with van der Waals surface area (Å²) >= 11 is 0. The van der Waals surface area contributed by atoms with Crippen molar-refractivity contribution in [2.75, 3.05) is 11.1 Å². The number of anilines is 2. The molecule has 0 atom stereocenters. The van der Waals surface area contributed by atoms with E-state index < -0.39 is 17.5 Å². The van der Waals surface area contributed by atoms with Crippen molar-refractivity contribution in [3.05, 3.63) is 59.7 Å². The van der Waals surface area contributed by atoms with Gasteiger partial charge in [-0.2, -0.15) is 0 Å². The van der Waals surface area contributed by atoms with E-state index in [0.29, 0.717) is 11.4 Å². The van der Waals surface area contributed by atoms with Crippen LogP contribution in [-0.2, 0) is 11.2 Å². The minimum absolute atomic E-state index is 0.133. The van der Waals surface area contributed by atoms with Gasteiger partial charge in [0.15, 0.2) is 0 Å². The van der Waals surface area contributed by atoms with Gasteiger partial charge in [-0.05, 0) is 23.8 Å². The van der Waals surface area contributed by atoms with Crippen LogP contribution >= 0.6 is 0 Å². The van der Waals surface area contributed by atoms with E-state index in [1.54, 1.807) is 24.3 Å². The second kappa shape index (κ2) is 5.48. The number of hydrogen-bond acceptors (Lipinski definition) is 2. The number of nitrogens with one attached hydrogen (secondary N) is 1. The number of hydrogen-bond donors (Lipinski definition) is 2. The second-order valence-electron chi connectivity index (χ2n) is 4.05. The highest BCUT2D eigenvalue weighted by Gasteiger charge is 2.10. The summed E-state index contributed by atoms with van der Waals surface area (Å²) in [4.78, 5) is 11.7. The molecule has 3 nitrogen and oxygen atoms in total. The largest absolute Gasteiger partial charge is 0.397 e. The van der Waals surface area contributed by atoms with Crippen LogP contribution in [-0.4, -0.2) is 5.91 Å². The first-order chi connectivity index (χ1) is 9.06. The molecule has 0 saturated heterocycles. The average molecular weight is 262 g/mol. The van der Waals surface area contributed by atoms with Crippen LogP contribution in [0.25, 0.3) is 0 Å². The molecule has 2 rings (SSSR count). The molecule has 0 unspecified atom stereocenters. The number of halogens is 2. The third kappa shape index (κ3) is 3.28. The van der Waals surface area contributed by atoms with Gasteiger partial charge in [0.1, 0.15) is 11.6 Å². The number of carbonyl (C=O) groups excluding carboxylic acids is 1. The summed E-state index contributed by atoms with van der Waals surface area (Å²) in [7, 11) is 0. The summed E-state index contributed by atoms with van der Waals surface area (Å²) in [5.74, 6) is -1.83. The van der Waals surface area contributed by atoms with Gasteiger partial charge in [0.2, 0.25) is 5.91 Å². The topological polar surface area (TPSA) is 55.1 Å². The van der Waals surface area contributed by atoms with Gasteiger partial charge in [0, 0.05) is 6.07 Å². The molecule has 98 valence electrons. The number of carbonyl (C=O) groups is 1. The lowest BCUT2D eigenvalue weighted by atomic mass is 10.1. The Balaban J connectivity index is 2.08. The standard InChI is InChI=1S/C14H12F2N2O/c15-10-6-5-9(11(16)8-10)7-14(19)18-13-4-2-1-3-12(13)17/h1-6,8H,7,17H2,(H,18,19). The second-order valence-corrected chi connectivity index (χ2v) is 4.05. The van der Waals surface area contributed by atoms with Crippen molar-refractivity contribution in [1.29, 1.82) is 0 Å². The SMILES string of the molecule is Nc1ccccc1NC(=O)Cc1ccc(F)cc1F. The van der Waals surface area contributed by atoms with Gasteiger partial charge >= 0.3 is 0 Å². The van der Waals surface area contributed by atoms with Gasteiger partial charge in [0.05, 0.1) is 17.8 Å². The van der Waals surface area contributed by atoms with Gasteiger partial charge in [-0.1, -0.05) is 18.2 Å². The zero-order valence-electron chi connectivity index (χ0n) is 9.99. The first-order valence-corrected chi connectivity index (χ1v) is 5.64. The highest BCUT2D eigenvalue weighted by Crippen LogP contribution is 2.17. The van der Waals surface area contributed by atoms with Crippen molar-refractivity contribution in [1.82, 2.24) is 0 Å². The summed E-state index contributed by atoms with van der Waals surface area (Å²) in [6.07, 6.45) is -0.180. The Morgan fingerprint density at radius 3 is 2.58 bits per heavy atom. The average Bonchev–Trinajstić information content (AvgIpc) is 2.36. The molecule has 0 bridgehead atoms. The van der Waals surface area contributed by atoms with Crippen LogP contribution in [0.15, 0.2) is 42.5 Å². The third-order valence-electron chi connectivity index (χ3n) is 2.60. The van der Waals surface area contributed by atoms with E-state index in [1.165, 1.54) is 6.07 Å². The fraction of sp³-hybridized carbons (Fsp3) is 0.0714. The highest BCUT2D eigenvalue weighted by atomic mass is 19.1. The minimum atomic E-state index is -0.740. The molecule has 0 heterocycles. The number of benzene rings is 2. The molecular weight excluding hydrogens is 250 g/mol. The van der Waals surface area contributed by atoms with Crippen LogP contribution in [0.1, 0.15) is 5.56 Å². The molecule has 5 heteroatoms. The fourth-order valence-electron chi connectivity index (χ4n) is 1.64. The van der Waals surface area contributed by atoms with E-state index in [4.69, 9.17) is 5.73 Å². The van der Waals surface area contributed by atoms with Crippen LogP contribution in [0.5, 0.6) is 0 Å². The molecule has 0 aromatic heterocycles. The first-order valence-electron chi connectivity index (χ1n) is 5.64. The maximum Gasteiger partial charge on any atom is 0.228 e. The lowest BCUT2D eigenvalue weighted by Gasteiger charge is -2.08. The number of nitrogen functional groups attached to an aromatic ring is 1. The summed E-state index contributed by atoms with van der Waals surface area (Å²) in [5, 5.41) is 2.58. The maximum absolute atomic E-state index is 13.4. The van der Waals surface area contributed by atoms with Gasteiger partial charge < -0.3 is 11.1 Å². The monoisotopic (exact) mass is 262 g/mol. The molecule has 19 heavy (non-hydrogen) atoms. The van der Waals surface area contributed by atoms with E-state index in [-0.39, 0.29) is 12.0 Å². The van der Waals surface area contributed by atoms with Gasteiger partial charge in [0.25, 0.3) is 0 Å². The number of rotatable bonds is 3. The molecule has 0 spiro atoms. The van der Waals surface area contributed by atoms with Crippen LogP contribution < -0.4 is 11.1 Å². The minimum Gasteiger partial charge on any atom is -0.397 e. The Hall–Kier alpha value is -2.43. The summed E-state index contributed by atoms with van der Waals surface area (Å²) in [6, 6.07) is 9.87. The van der Waals surface area contributed by atoms with Gasteiger partial charge in [-0.25, -0.2) is 8.78 Å².